The van der Waals surface area contributed by atoms with Crippen molar-refractivity contribution in [3.05, 3.63) is 35.9 Å². The fraction of sp³-hybridized carbons (Fsp3) is 0.421. The third-order valence-electron chi connectivity index (χ3n) is 4.16. The highest BCUT2D eigenvalue weighted by molar-refractivity contribution is 5.95. The van der Waals surface area contributed by atoms with E-state index in [0.717, 1.165) is 0 Å². The number of benzene rings is 1. The van der Waals surface area contributed by atoms with E-state index in [4.69, 9.17) is 16.6 Å². The molecule has 31 heavy (non-hydrogen) atoms. The molecular formula is C19H27N5O7. The average molecular weight is 437 g/mol. The fourth-order valence-corrected chi connectivity index (χ4v) is 2.50. The monoisotopic (exact) mass is 437 g/mol. The summed E-state index contributed by atoms with van der Waals surface area (Å²) in [5.41, 5.74) is 11.2. The van der Waals surface area contributed by atoms with Gasteiger partial charge in [-0.05, 0) is 12.5 Å². The Morgan fingerprint density at radius 2 is 1.42 bits per heavy atom. The van der Waals surface area contributed by atoms with Gasteiger partial charge in [-0.2, -0.15) is 0 Å². The van der Waals surface area contributed by atoms with E-state index in [9.17, 15) is 29.1 Å². The number of hydrogen-bond donors (Lipinski definition) is 7. The zero-order chi connectivity index (χ0) is 23.6. The van der Waals surface area contributed by atoms with Crippen molar-refractivity contribution in [2.45, 2.75) is 43.9 Å². The lowest BCUT2D eigenvalue weighted by molar-refractivity contribution is -0.144. The van der Waals surface area contributed by atoms with Crippen LogP contribution >= 0.6 is 0 Å². The van der Waals surface area contributed by atoms with Crippen molar-refractivity contribution in [1.82, 2.24) is 16.0 Å². The SMILES string of the molecule is CC(N)C(=O)NC(Cc1ccccc1)C(=O)NC(CO)C(=O)NC(CC(N)=O)C(=O)O. The van der Waals surface area contributed by atoms with Crippen LogP contribution in [0.5, 0.6) is 0 Å². The first kappa shape index (κ1) is 25.5. The van der Waals surface area contributed by atoms with Crippen molar-refractivity contribution in [3.63, 3.8) is 0 Å². The molecule has 0 aliphatic rings. The third-order valence-corrected chi connectivity index (χ3v) is 4.16. The van der Waals surface area contributed by atoms with Gasteiger partial charge in [-0.15, -0.1) is 0 Å². The molecule has 4 unspecified atom stereocenters. The first-order chi connectivity index (χ1) is 14.5. The number of carbonyl (C=O) groups excluding carboxylic acids is 4. The number of amides is 4. The predicted octanol–water partition coefficient (Wildman–Crippen LogP) is -3.02. The van der Waals surface area contributed by atoms with E-state index in [-0.39, 0.29) is 6.42 Å². The average Bonchev–Trinajstić information content (AvgIpc) is 2.70. The highest BCUT2D eigenvalue weighted by Crippen LogP contribution is 2.05. The fourth-order valence-electron chi connectivity index (χ4n) is 2.50. The molecule has 1 aromatic rings. The molecule has 0 saturated carbocycles. The summed E-state index contributed by atoms with van der Waals surface area (Å²) in [6, 6.07) is 3.54. The van der Waals surface area contributed by atoms with Gasteiger partial charge in [0.25, 0.3) is 0 Å². The topological polar surface area (TPSA) is 214 Å². The second-order valence-corrected chi connectivity index (χ2v) is 6.85. The molecule has 12 nitrogen and oxygen atoms in total. The molecule has 0 aliphatic carbocycles. The molecule has 0 bridgehead atoms. The predicted molar refractivity (Wildman–Crippen MR) is 108 cm³/mol. The van der Waals surface area contributed by atoms with Crippen molar-refractivity contribution in [1.29, 1.82) is 0 Å². The zero-order valence-corrected chi connectivity index (χ0v) is 16.9. The molecule has 1 aromatic carbocycles. The van der Waals surface area contributed by atoms with Gasteiger partial charge >= 0.3 is 5.97 Å². The van der Waals surface area contributed by atoms with Crippen molar-refractivity contribution in [2.24, 2.45) is 11.5 Å². The Morgan fingerprint density at radius 3 is 1.90 bits per heavy atom. The zero-order valence-electron chi connectivity index (χ0n) is 16.9. The summed E-state index contributed by atoms with van der Waals surface area (Å²) in [6.07, 6.45) is -0.599. The molecule has 4 atom stereocenters. The van der Waals surface area contributed by atoms with Crippen LogP contribution in [0, 0.1) is 0 Å². The van der Waals surface area contributed by atoms with Crippen LogP contribution in [-0.2, 0) is 30.4 Å². The van der Waals surface area contributed by atoms with Gasteiger partial charge < -0.3 is 37.6 Å². The Labute approximate surface area is 178 Å². The number of nitrogens with one attached hydrogen (secondary N) is 3. The Bertz CT molecular complexity index is 800. The maximum atomic E-state index is 12.7. The first-order valence-corrected chi connectivity index (χ1v) is 9.37. The Kier molecular flexibility index (Phi) is 10.1. The molecule has 0 saturated heterocycles. The number of rotatable bonds is 12. The number of nitrogens with two attached hydrogens (primary N) is 2. The van der Waals surface area contributed by atoms with Crippen LogP contribution in [0.2, 0.25) is 0 Å². The van der Waals surface area contributed by atoms with E-state index < -0.39 is 66.8 Å². The molecule has 9 N–H and O–H groups in total. The normalized spacial score (nSPS) is 14.4. The van der Waals surface area contributed by atoms with Crippen LogP contribution in [0.4, 0.5) is 0 Å². The lowest BCUT2D eigenvalue weighted by Gasteiger charge is -2.24. The highest BCUT2D eigenvalue weighted by Gasteiger charge is 2.30. The third kappa shape index (κ3) is 8.80. The molecule has 170 valence electrons. The van der Waals surface area contributed by atoms with E-state index in [1.807, 2.05) is 5.32 Å². The van der Waals surface area contributed by atoms with E-state index in [0.29, 0.717) is 5.56 Å². The number of carboxylic acids is 1. The van der Waals surface area contributed by atoms with Gasteiger partial charge in [0.2, 0.25) is 23.6 Å². The maximum Gasteiger partial charge on any atom is 0.326 e. The number of primary amides is 1. The summed E-state index contributed by atoms with van der Waals surface area (Å²) in [6.45, 7) is 0.571. The number of aliphatic hydroxyl groups is 1. The Morgan fingerprint density at radius 1 is 0.903 bits per heavy atom. The van der Waals surface area contributed by atoms with Crippen LogP contribution in [-0.4, -0.2) is 70.6 Å². The van der Waals surface area contributed by atoms with Gasteiger partial charge in [0, 0.05) is 6.42 Å². The maximum absolute atomic E-state index is 12.7. The molecule has 1 rings (SSSR count). The van der Waals surface area contributed by atoms with Gasteiger partial charge in [-0.1, -0.05) is 30.3 Å². The van der Waals surface area contributed by atoms with Gasteiger partial charge in [0.15, 0.2) is 0 Å². The van der Waals surface area contributed by atoms with E-state index in [2.05, 4.69) is 10.6 Å². The number of hydrogen-bond acceptors (Lipinski definition) is 7. The summed E-state index contributed by atoms with van der Waals surface area (Å²) in [5, 5.41) is 25.3. The molecule has 0 aromatic heterocycles. The van der Waals surface area contributed by atoms with E-state index in [1.165, 1.54) is 6.92 Å². The molecule has 4 amide bonds. The van der Waals surface area contributed by atoms with Crippen molar-refractivity contribution in [2.75, 3.05) is 6.61 Å². The van der Waals surface area contributed by atoms with Crippen molar-refractivity contribution >= 4 is 29.6 Å². The van der Waals surface area contributed by atoms with Crippen LogP contribution in [0.3, 0.4) is 0 Å². The molecular weight excluding hydrogens is 410 g/mol. The van der Waals surface area contributed by atoms with Gasteiger partial charge in [0.05, 0.1) is 19.1 Å². The van der Waals surface area contributed by atoms with Gasteiger partial charge in [0.1, 0.15) is 18.1 Å². The quantitative estimate of drug-likeness (QED) is 0.178. The highest BCUT2D eigenvalue weighted by atomic mass is 16.4. The van der Waals surface area contributed by atoms with Crippen molar-refractivity contribution < 1.29 is 34.2 Å². The van der Waals surface area contributed by atoms with E-state index in [1.54, 1.807) is 30.3 Å². The molecule has 0 spiro atoms. The largest absolute Gasteiger partial charge is 0.480 e. The van der Waals surface area contributed by atoms with Crippen LogP contribution in [0.1, 0.15) is 18.9 Å². The summed E-state index contributed by atoms with van der Waals surface area (Å²) < 4.78 is 0. The van der Waals surface area contributed by atoms with Crippen LogP contribution in [0.25, 0.3) is 0 Å². The molecule has 0 radical (unpaired) electrons. The number of carboxylic acid groups (broad SMARTS) is 1. The van der Waals surface area contributed by atoms with E-state index >= 15 is 0 Å². The van der Waals surface area contributed by atoms with Crippen LogP contribution < -0.4 is 27.4 Å². The minimum Gasteiger partial charge on any atom is -0.480 e. The number of aliphatic hydroxyl groups excluding tert-OH is 1. The van der Waals surface area contributed by atoms with Gasteiger partial charge in [-0.3, -0.25) is 19.2 Å². The molecule has 0 heterocycles. The molecule has 0 aliphatic heterocycles. The number of carbonyl (C=O) groups is 5. The van der Waals surface area contributed by atoms with Crippen molar-refractivity contribution in [3.8, 4) is 0 Å². The number of aliphatic carboxylic acids is 1. The summed E-state index contributed by atoms with van der Waals surface area (Å²) >= 11 is 0. The van der Waals surface area contributed by atoms with Crippen LogP contribution in [0.15, 0.2) is 30.3 Å². The smallest absolute Gasteiger partial charge is 0.326 e. The summed E-state index contributed by atoms with van der Waals surface area (Å²) in [7, 11) is 0. The minimum atomic E-state index is -1.63. The van der Waals surface area contributed by atoms with Gasteiger partial charge in [-0.25, -0.2) is 4.79 Å². The second-order valence-electron chi connectivity index (χ2n) is 6.85. The summed E-state index contributed by atoms with van der Waals surface area (Å²) in [5.74, 6) is -4.91. The Balaban J connectivity index is 2.93. The second kappa shape index (κ2) is 12.2. The molecule has 12 heteroatoms. The lowest BCUT2D eigenvalue weighted by Crippen LogP contribution is -2.58. The minimum absolute atomic E-state index is 0.0737. The lowest BCUT2D eigenvalue weighted by atomic mass is 10.0. The Hall–Kier alpha value is -3.51. The first-order valence-electron chi connectivity index (χ1n) is 9.37. The molecule has 0 fully saturated rings. The standard InChI is InChI=1S/C19H27N5O7/c1-10(20)16(27)22-12(7-11-5-3-2-4-6-11)17(28)24-14(9-25)18(29)23-13(19(30)31)8-15(21)26/h2-6,10,12-14,25H,7-9,20H2,1H3,(H2,21,26)(H,22,27)(H,23,29)(H,24,28)(H,30,31). The summed E-state index contributed by atoms with van der Waals surface area (Å²) in [4.78, 5) is 59.2.